The van der Waals surface area contributed by atoms with E-state index in [4.69, 9.17) is 14.2 Å². The van der Waals surface area contributed by atoms with Crippen LogP contribution in [-0.2, 0) is 22.4 Å². The number of rotatable bonds is 13. The van der Waals surface area contributed by atoms with Crippen LogP contribution in [0.3, 0.4) is 0 Å². The smallest absolute Gasteiger partial charge is 0.308 e. The van der Waals surface area contributed by atoms with E-state index in [9.17, 15) is 14.4 Å². The molecular formula is C31H36N2O6. The van der Waals surface area contributed by atoms with Crippen molar-refractivity contribution in [3.8, 4) is 17.2 Å². The molecule has 206 valence electrons. The minimum atomic E-state index is -0.500. The molecule has 0 unspecified atom stereocenters. The number of methoxy groups -OCH3 is 1. The van der Waals surface area contributed by atoms with Crippen molar-refractivity contribution in [1.29, 1.82) is 0 Å². The van der Waals surface area contributed by atoms with Crippen LogP contribution in [0.1, 0.15) is 46.0 Å². The lowest BCUT2D eigenvalue weighted by Gasteiger charge is -2.13. The minimum absolute atomic E-state index is 0.0532. The van der Waals surface area contributed by atoms with Crippen LogP contribution < -0.4 is 24.8 Å². The molecule has 0 fully saturated rings. The van der Waals surface area contributed by atoms with Crippen LogP contribution >= 0.6 is 0 Å². The summed E-state index contributed by atoms with van der Waals surface area (Å²) in [6, 6.07) is 18.3. The molecule has 8 heteroatoms. The lowest BCUT2D eigenvalue weighted by Crippen LogP contribution is -2.28. The molecule has 2 amide bonds. The van der Waals surface area contributed by atoms with Gasteiger partial charge in [-0.1, -0.05) is 36.4 Å². The number of nitrogens with one attached hydrogen (secondary N) is 2. The largest absolute Gasteiger partial charge is 0.493 e. The maximum absolute atomic E-state index is 12.5. The molecule has 3 aromatic rings. The Kier molecular flexibility index (Phi) is 10.9. The maximum atomic E-state index is 12.5. The molecule has 0 aliphatic rings. The molecule has 0 spiro atoms. The fraction of sp³-hybridized carbons (Fsp3) is 0.323. The minimum Gasteiger partial charge on any atom is -0.493 e. The fourth-order valence-corrected chi connectivity index (χ4v) is 3.99. The quantitative estimate of drug-likeness (QED) is 0.193. The highest BCUT2D eigenvalue weighted by Crippen LogP contribution is 2.28. The number of benzene rings is 3. The summed E-state index contributed by atoms with van der Waals surface area (Å²) >= 11 is 0. The number of hydrogen-bond donors (Lipinski definition) is 2. The van der Waals surface area contributed by atoms with Gasteiger partial charge in [-0.25, -0.2) is 0 Å². The molecule has 3 aromatic carbocycles. The zero-order valence-electron chi connectivity index (χ0n) is 23.0. The Labute approximate surface area is 229 Å². The summed E-state index contributed by atoms with van der Waals surface area (Å²) in [6.45, 7) is 6.52. The van der Waals surface area contributed by atoms with Crippen LogP contribution in [0.15, 0.2) is 60.7 Å². The van der Waals surface area contributed by atoms with Gasteiger partial charge in [-0.05, 0) is 73.2 Å². The van der Waals surface area contributed by atoms with Gasteiger partial charge in [0.2, 0.25) is 5.91 Å². The van der Waals surface area contributed by atoms with E-state index in [0.717, 1.165) is 18.4 Å². The Morgan fingerprint density at radius 2 is 1.56 bits per heavy atom. The van der Waals surface area contributed by atoms with Crippen molar-refractivity contribution >= 4 is 17.8 Å². The number of carbonyl (C=O) groups excluding carboxylic acids is 3. The van der Waals surface area contributed by atoms with Gasteiger partial charge in [0.1, 0.15) is 12.4 Å². The van der Waals surface area contributed by atoms with E-state index in [1.807, 2.05) is 6.07 Å². The summed E-state index contributed by atoms with van der Waals surface area (Å²) in [6.07, 6.45) is 2.02. The third-order valence-electron chi connectivity index (χ3n) is 6.16. The fourth-order valence-electron chi connectivity index (χ4n) is 3.99. The van der Waals surface area contributed by atoms with E-state index in [0.29, 0.717) is 18.0 Å². The van der Waals surface area contributed by atoms with Crippen LogP contribution in [0.5, 0.6) is 17.2 Å². The summed E-state index contributed by atoms with van der Waals surface area (Å²) in [4.78, 5) is 36.2. The Bertz CT molecular complexity index is 1300. The van der Waals surface area contributed by atoms with Crippen molar-refractivity contribution in [3.05, 3.63) is 88.5 Å². The zero-order valence-corrected chi connectivity index (χ0v) is 23.0. The number of hydrogen-bond acceptors (Lipinski definition) is 6. The van der Waals surface area contributed by atoms with E-state index in [-0.39, 0.29) is 42.7 Å². The highest BCUT2D eigenvalue weighted by Gasteiger charge is 2.14. The normalized spacial score (nSPS) is 10.5. The van der Waals surface area contributed by atoms with Gasteiger partial charge in [-0.2, -0.15) is 0 Å². The second-order valence-corrected chi connectivity index (χ2v) is 9.23. The van der Waals surface area contributed by atoms with Crippen LogP contribution in [-0.4, -0.2) is 44.6 Å². The van der Waals surface area contributed by atoms with Crippen molar-refractivity contribution in [2.75, 3.05) is 26.8 Å². The Morgan fingerprint density at radius 1 is 0.795 bits per heavy atom. The van der Waals surface area contributed by atoms with E-state index in [2.05, 4.69) is 42.7 Å². The van der Waals surface area contributed by atoms with Crippen molar-refractivity contribution in [2.45, 2.75) is 40.0 Å². The first-order chi connectivity index (χ1) is 18.8. The molecule has 0 aliphatic heterocycles. The molecule has 2 N–H and O–H groups in total. The van der Waals surface area contributed by atoms with Crippen LogP contribution in [0, 0.1) is 13.8 Å². The van der Waals surface area contributed by atoms with Crippen molar-refractivity contribution in [2.24, 2.45) is 0 Å². The molecular weight excluding hydrogens is 496 g/mol. The average Bonchev–Trinajstić information content (AvgIpc) is 2.91. The van der Waals surface area contributed by atoms with E-state index in [1.54, 1.807) is 36.4 Å². The summed E-state index contributed by atoms with van der Waals surface area (Å²) in [5.41, 5.74) is 4.91. The molecule has 0 saturated heterocycles. The highest BCUT2D eigenvalue weighted by atomic mass is 16.5. The molecule has 0 aliphatic carbocycles. The standard InChI is InChI=1S/C31H36N2O6/c1-21-11-12-24(18-22(21)2)8-7-15-32-30(35)20-25-13-14-28(29(19-25)37-4)38-17-16-33-31(36)26-9-5-6-10-27(26)39-23(3)34/h5-6,9-14,18-19H,7-8,15-17,20H2,1-4H3,(H,32,35)(H,33,36). The third-order valence-corrected chi connectivity index (χ3v) is 6.16. The number of esters is 1. The predicted molar refractivity (Wildman–Crippen MR) is 150 cm³/mol. The van der Waals surface area contributed by atoms with E-state index < -0.39 is 5.97 Å². The molecule has 8 nitrogen and oxygen atoms in total. The predicted octanol–water partition coefficient (Wildman–Crippen LogP) is 4.34. The number of para-hydroxylation sites is 1. The molecule has 0 atom stereocenters. The number of amides is 2. The molecule has 39 heavy (non-hydrogen) atoms. The van der Waals surface area contributed by atoms with E-state index >= 15 is 0 Å². The Morgan fingerprint density at radius 3 is 2.31 bits per heavy atom. The van der Waals surface area contributed by atoms with Gasteiger partial charge in [0.15, 0.2) is 11.5 Å². The van der Waals surface area contributed by atoms with Gasteiger partial charge < -0.3 is 24.8 Å². The van der Waals surface area contributed by atoms with Crippen LogP contribution in [0.4, 0.5) is 0 Å². The van der Waals surface area contributed by atoms with Crippen molar-refractivity contribution < 1.29 is 28.6 Å². The van der Waals surface area contributed by atoms with Gasteiger partial charge in [0, 0.05) is 13.5 Å². The maximum Gasteiger partial charge on any atom is 0.308 e. The highest BCUT2D eigenvalue weighted by molar-refractivity contribution is 5.97. The Hall–Kier alpha value is -4.33. The van der Waals surface area contributed by atoms with Crippen molar-refractivity contribution in [3.63, 3.8) is 0 Å². The van der Waals surface area contributed by atoms with Gasteiger partial charge in [-0.15, -0.1) is 0 Å². The van der Waals surface area contributed by atoms with Gasteiger partial charge >= 0.3 is 5.97 Å². The molecule has 0 heterocycles. The SMILES string of the molecule is COc1cc(CC(=O)NCCCc2ccc(C)c(C)c2)ccc1OCCNC(=O)c1ccccc1OC(C)=O. The summed E-state index contributed by atoms with van der Waals surface area (Å²) in [5, 5.41) is 5.73. The van der Waals surface area contributed by atoms with Gasteiger partial charge in [0.25, 0.3) is 5.91 Å². The Balaban J connectivity index is 1.43. The summed E-state index contributed by atoms with van der Waals surface area (Å²) < 4.78 is 16.3. The first-order valence-electron chi connectivity index (χ1n) is 12.9. The van der Waals surface area contributed by atoms with E-state index in [1.165, 1.54) is 30.7 Å². The number of carbonyl (C=O) groups is 3. The summed E-state index contributed by atoms with van der Waals surface area (Å²) in [5.74, 6) is 0.275. The molecule has 0 saturated carbocycles. The third kappa shape index (κ3) is 9.17. The van der Waals surface area contributed by atoms with Crippen molar-refractivity contribution in [1.82, 2.24) is 10.6 Å². The topological polar surface area (TPSA) is 103 Å². The first-order valence-corrected chi connectivity index (χ1v) is 12.9. The summed E-state index contributed by atoms with van der Waals surface area (Å²) in [7, 11) is 1.53. The lowest BCUT2D eigenvalue weighted by atomic mass is 10.0. The second-order valence-electron chi connectivity index (χ2n) is 9.23. The lowest BCUT2D eigenvalue weighted by molar-refractivity contribution is -0.131. The molecule has 0 aromatic heterocycles. The van der Waals surface area contributed by atoms with Crippen LogP contribution in [0.25, 0.3) is 0 Å². The average molecular weight is 533 g/mol. The second kappa shape index (κ2) is 14.6. The number of aryl methyl sites for hydroxylation is 3. The first kappa shape index (κ1) is 29.2. The molecule has 0 bridgehead atoms. The molecule has 3 rings (SSSR count). The monoisotopic (exact) mass is 532 g/mol. The zero-order chi connectivity index (χ0) is 28.2. The van der Waals surface area contributed by atoms with Crippen LogP contribution in [0.2, 0.25) is 0 Å². The van der Waals surface area contributed by atoms with Gasteiger partial charge in [0.05, 0.1) is 25.6 Å². The number of ether oxygens (including phenoxy) is 3. The molecule has 0 radical (unpaired) electrons. The van der Waals surface area contributed by atoms with Gasteiger partial charge in [-0.3, -0.25) is 14.4 Å².